The molecule has 26 heavy (non-hydrogen) atoms. The van der Waals surface area contributed by atoms with Crippen molar-refractivity contribution in [3.8, 4) is 11.5 Å². The second kappa shape index (κ2) is 7.19. The summed E-state index contributed by atoms with van der Waals surface area (Å²) in [6, 6.07) is 25.3. The predicted octanol–water partition coefficient (Wildman–Crippen LogP) is 5.08. The lowest BCUT2D eigenvalue weighted by molar-refractivity contribution is 0.494. The van der Waals surface area contributed by atoms with Crippen LogP contribution in [-0.4, -0.2) is 10.2 Å². The van der Waals surface area contributed by atoms with Gasteiger partial charge in [0.1, 0.15) is 11.9 Å². The summed E-state index contributed by atoms with van der Waals surface area (Å²) in [5.41, 5.74) is 2.60. The fourth-order valence-corrected chi connectivity index (χ4v) is 2.69. The lowest BCUT2D eigenvalue weighted by atomic mass is 10.1. The van der Waals surface area contributed by atoms with E-state index in [1.807, 2.05) is 60.7 Å². The molecule has 4 aromatic rings. The molecule has 1 atom stereocenters. The van der Waals surface area contributed by atoms with Crippen molar-refractivity contribution in [2.75, 3.05) is 5.32 Å². The number of benzene rings is 3. The smallest absolute Gasteiger partial charge is 0.247 e. The van der Waals surface area contributed by atoms with E-state index >= 15 is 0 Å². The van der Waals surface area contributed by atoms with Gasteiger partial charge in [0.15, 0.2) is 0 Å². The summed E-state index contributed by atoms with van der Waals surface area (Å²) < 4.78 is 19.1. The van der Waals surface area contributed by atoms with Crippen LogP contribution in [0.5, 0.6) is 0 Å². The average molecular weight is 345 g/mol. The number of anilines is 1. The van der Waals surface area contributed by atoms with Gasteiger partial charge in [0.2, 0.25) is 11.8 Å². The van der Waals surface area contributed by atoms with E-state index in [-0.39, 0.29) is 11.9 Å². The fourth-order valence-electron chi connectivity index (χ4n) is 2.69. The molecule has 4 nitrogen and oxygen atoms in total. The largest absolute Gasteiger partial charge is 0.418 e. The van der Waals surface area contributed by atoms with Crippen LogP contribution in [0.25, 0.3) is 11.5 Å². The summed E-state index contributed by atoms with van der Waals surface area (Å²) in [6.45, 7) is 0. The van der Waals surface area contributed by atoms with Crippen LogP contribution in [0.15, 0.2) is 89.3 Å². The summed E-state index contributed by atoms with van der Waals surface area (Å²) in [6.07, 6.45) is 0. The van der Waals surface area contributed by atoms with Crippen LogP contribution in [0.2, 0.25) is 0 Å². The van der Waals surface area contributed by atoms with Gasteiger partial charge in [-0.15, -0.1) is 10.2 Å². The van der Waals surface area contributed by atoms with E-state index in [0.717, 1.165) is 16.8 Å². The molecule has 0 fully saturated rings. The summed E-state index contributed by atoms with van der Waals surface area (Å²) in [7, 11) is 0. The first-order valence-electron chi connectivity index (χ1n) is 8.25. The second-order valence-corrected chi connectivity index (χ2v) is 5.81. The summed E-state index contributed by atoms with van der Waals surface area (Å²) >= 11 is 0. The summed E-state index contributed by atoms with van der Waals surface area (Å²) in [4.78, 5) is 0. The number of hydrogen-bond acceptors (Lipinski definition) is 4. The first kappa shape index (κ1) is 16.0. The Hall–Kier alpha value is -3.47. The number of halogens is 1. The van der Waals surface area contributed by atoms with E-state index in [4.69, 9.17) is 4.42 Å². The van der Waals surface area contributed by atoms with E-state index in [1.54, 1.807) is 12.1 Å². The van der Waals surface area contributed by atoms with Gasteiger partial charge in [0, 0.05) is 11.3 Å². The van der Waals surface area contributed by atoms with Crippen LogP contribution in [0, 0.1) is 5.82 Å². The van der Waals surface area contributed by atoms with Crippen LogP contribution < -0.4 is 5.32 Å². The molecule has 1 heterocycles. The molecule has 0 bridgehead atoms. The van der Waals surface area contributed by atoms with E-state index in [9.17, 15) is 4.39 Å². The third kappa shape index (κ3) is 3.47. The van der Waals surface area contributed by atoms with Crippen LogP contribution in [-0.2, 0) is 0 Å². The molecule has 0 amide bonds. The summed E-state index contributed by atoms with van der Waals surface area (Å²) in [5.74, 6) is 0.623. The van der Waals surface area contributed by atoms with Crippen molar-refractivity contribution in [3.63, 3.8) is 0 Å². The fraction of sp³-hybridized carbons (Fsp3) is 0.0476. The Kier molecular flexibility index (Phi) is 4.43. The van der Waals surface area contributed by atoms with Crippen molar-refractivity contribution in [2.45, 2.75) is 6.04 Å². The molecule has 128 valence electrons. The topological polar surface area (TPSA) is 51.0 Å². The standard InChI is InChI=1S/C21H16FN3O/c22-17-11-13-18(14-12-17)23-19(15-7-3-1-4-8-15)21-25-24-20(26-21)16-9-5-2-6-10-16/h1-14,19,23H. The van der Waals surface area contributed by atoms with Gasteiger partial charge in [-0.1, -0.05) is 48.5 Å². The highest BCUT2D eigenvalue weighted by Crippen LogP contribution is 2.28. The number of hydrogen-bond donors (Lipinski definition) is 1. The minimum atomic E-state index is -0.341. The zero-order valence-electron chi connectivity index (χ0n) is 13.8. The van der Waals surface area contributed by atoms with Gasteiger partial charge < -0.3 is 9.73 Å². The molecule has 0 spiro atoms. The molecule has 0 radical (unpaired) electrons. The van der Waals surface area contributed by atoms with E-state index in [2.05, 4.69) is 15.5 Å². The number of rotatable bonds is 5. The molecule has 1 N–H and O–H groups in total. The van der Waals surface area contributed by atoms with Crippen LogP contribution >= 0.6 is 0 Å². The molecule has 0 aliphatic rings. The number of aromatic nitrogens is 2. The predicted molar refractivity (Wildman–Crippen MR) is 98.0 cm³/mol. The Balaban J connectivity index is 1.69. The number of nitrogens with one attached hydrogen (secondary N) is 1. The highest BCUT2D eigenvalue weighted by Gasteiger charge is 2.21. The quantitative estimate of drug-likeness (QED) is 0.548. The Bertz CT molecular complexity index is 969. The average Bonchev–Trinajstić information content (AvgIpc) is 3.19. The zero-order chi connectivity index (χ0) is 17.8. The maximum atomic E-state index is 13.2. The first-order valence-corrected chi connectivity index (χ1v) is 8.25. The Morgan fingerprint density at radius 1 is 0.769 bits per heavy atom. The van der Waals surface area contributed by atoms with E-state index < -0.39 is 0 Å². The van der Waals surface area contributed by atoms with Crippen LogP contribution in [0.3, 0.4) is 0 Å². The molecule has 0 aliphatic carbocycles. The molecule has 3 aromatic carbocycles. The highest BCUT2D eigenvalue weighted by atomic mass is 19.1. The molecule has 4 rings (SSSR count). The molecule has 5 heteroatoms. The van der Waals surface area contributed by atoms with Gasteiger partial charge in [-0.2, -0.15) is 0 Å². The monoisotopic (exact) mass is 345 g/mol. The van der Waals surface area contributed by atoms with Gasteiger partial charge in [-0.3, -0.25) is 0 Å². The van der Waals surface area contributed by atoms with Crippen LogP contribution in [0.1, 0.15) is 17.5 Å². The van der Waals surface area contributed by atoms with Gasteiger partial charge in [0.25, 0.3) is 0 Å². The molecule has 0 saturated carbocycles. The Morgan fingerprint density at radius 3 is 2.12 bits per heavy atom. The molecule has 1 unspecified atom stereocenters. The van der Waals surface area contributed by atoms with Crippen molar-refractivity contribution < 1.29 is 8.81 Å². The SMILES string of the molecule is Fc1ccc(NC(c2ccccc2)c2nnc(-c3ccccc3)o2)cc1. The molecule has 0 aliphatic heterocycles. The van der Waals surface area contributed by atoms with Crippen molar-refractivity contribution in [3.05, 3.63) is 102 Å². The first-order chi connectivity index (χ1) is 12.8. The minimum Gasteiger partial charge on any atom is -0.418 e. The maximum Gasteiger partial charge on any atom is 0.247 e. The van der Waals surface area contributed by atoms with E-state index in [1.165, 1.54) is 12.1 Å². The third-order valence-electron chi connectivity index (χ3n) is 4.00. The normalized spacial score (nSPS) is 11.9. The van der Waals surface area contributed by atoms with Crippen molar-refractivity contribution in [1.29, 1.82) is 0 Å². The highest BCUT2D eigenvalue weighted by molar-refractivity contribution is 5.52. The molecular weight excluding hydrogens is 329 g/mol. The van der Waals surface area contributed by atoms with Gasteiger partial charge in [-0.25, -0.2) is 4.39 Å². The van der Waals surface area contributed by atoms with Gasteiger partial charge in [0.05, 0.1) is 0 Å². The third-order valence-corrected chi connectivity index (χ3v) is 4.00. The summed E-state index contributed by atoms with van der Waals surface area (Å²) in [5, 5.41) is 11.7. The Morgan fingerprint density at radius 2 is 1.42 bits per heavy atom. The zero-order valence-corrected chi connectivity index (χ0v) is 13.8. The van der Waals surface area contributed by atoms with Gasteiger partial charge >= 0.3 is 0 Å². The van der Waals surface area contributed by atoms with Gasteiger partial charge in [-0.05, 0) is 42.0 Å². The molecule has 0 saturated heterocycles. The van der Waals surface area contributed by atoms with Crippen LogP contribution in [0.4, 0.5) is 10.1 Å². The van der Waals surface area contributed by atoms with Crippen molar-refractivity contribution in [1.82, 2.24) is 10.2 Å². The molecular formula is C21H16FN3O. The number of nitrogens with zero attached hydrogens (tertiary/aromatic N) is 2. The van der Waals surface area contributed by atoms with Crippen molar-refractivity contribution >= 4 is 5.69 Å². The lowest BCUT2D eigenvalue weighted by Crippen LogP contribution is -2.12. The molecule has 1 aromatic heterocycles. The second-order valence-electron chi connectivity index (χ2n) is 5.81. The Labute approximate surface area is 150 Å². The lowest BCUT2D eigenvalue weighted by Gasteiger charge is -2.17. The van der Waals surface area contributed by atoms with E-state index in [0.29, 0.717) is 11.8 Å². The maximum absolute atomic E-state index is 13.2. The van der Waals surface area contributed by atoms with Crippen molar-refractivity contribution in [2.24, 2.45) is 0 Å². The minimum absolute atomic E-state index is 0.282.